The first-order valence-electron chi connectivity index (χ1n) is 6.17. The zero-order chi connectivity index (χ0) is 13.8. The van der Waals surface area contributed by atoms with Crippen molar-refractivity contribution in [3.05, 3.63) is 22.7 Å². The smallest absolute Gasteiger partial charge is 0.263 e. The van der Waals surface area contributed by atoms with E-state index in [1.807, 2.05) is 0 Å². The van der Waals surface area contributed by atoms with Gasteiger partial charge in [-0.05, 0) is 35.0 Å². The van der Waals surface area contributed by atoms with E-state index >= 15 is 0 Å². The number of amides is 1. The van der Waals surface area contributed by atoms with Gasteiger partial charge in [0.2, 0.25) is 0 Å². The van der Waals surface area contributed by atoms with Crippen LogP contribution in [0.2, 0.25) is 0 Å². The molecule has 0 bridgehead atoms. The van der Waals surface area contributed by atoms with Crippen molar-refractivity contribution in [1.29, 1.82) is 0 Å². The molecule has 1 amide bonds. The number of ether oxygens (including phenoxy) is 2. The van der Waals surface area contributed by atoms with E-state index in [4.69, 9.17) is 15.2 Å². The van der Waals surface area contributed by atoms with Crippen molar-refractivity contribution in [2.75, 3.05) is 32.0 Å². The molecule has 1 aliphatic rings. The molecule has 1 aromatic carbocycles. The second kappa shape index (κ2) is 6.25. The lowest BCUT2D eigenvalue weighted by Gasteiger charge is -2.29. The quantitative estimate of drug-likeness (QED) is 0.857. The lowest BCUT2D eigenvalue weighted by molar-refractivity contribution is -0.142. The van der Waals surface area contributed by atoms with Gasteiger partial charge < -0.3 is 20.1 Å². The van der Waals surface area contributed by atoms with Crippen molar-refractivity contribution in [3.8, 4) is 5.75 Å². The lowest BCUT2D eigenvalue weighted by atomic mass is 10.3. The van der Waals surface area contributed by atoms with Crippen LogP contribution in [0.5, 0.6) is 5.75 Å². The molecule has 1 saturated heterocycles. The first kappa shape index (κ1) is 14.1. The summed E-state index contributed by atoms with van der Waals surface area (Å²) in [5, 5.41) is 0. The topological polar surface area (TPSA) is 64.8 Å². The summed E-state index contributed by atoms with van der Waals surface area (Å²) in [6.07, 6.45) is -0.545. The molecule has 0 saturated carbocycles. The summed E-state index contributed by atoms with van der Waals surface area (Å²) >= 11 is 3.36. The zero-order valence-corrected chi connectivity index (χ0v) is 12.4. The van der Waals surface area contributed by atoms with Crippen LogP contribution in [0.3, 0.4) is 0 Å². The van der Waals surface area contributed by atoms with Gasteiger partial charge in [0, 0.05) is 18.8 Å². The van der Waals surface area contributed by atoms with E-state index in [9.17, 15) is 4.79 Å². The van der Waals surface area contributed by atoms with Crippen LogP contribution in [-0.2, 0) is 9.53 Å². The molecule has 1 unspecified atom stereocenters. The molecule has 1 aromatic rings. The molecular formula is C13H17BrN2O3. The Morgan fingerprint density at radius 2 is 2.16 bits per heavy atom. The molecule has 1 aliphatic heterocycles. The Kier molecular flexibility index (Phi) is 4.66. The molecule has 0 aromatic heterocycles. The average Bonchev–Trinajstić information content (AvgIpc) is 2.44. The van der Waals surface area contributed by atoms with Crippen LogP contribution in [0.15, 0.2) is 22.7 Å². The van der Waals surface area contributed by atoms with Crippen LogP contribution in [0.1, 0.15) is 6.92 Å². The van der Waals surface area contributed by atoms with Gasteiger partial charge in [-0.1, -0.05) is 6.07 Å². The normalized spacial score (nSPS) is 17.1. The Bertz CT molecular complexity index is 461. The standard InChI is InChI=1S/C13H17BrN2O3/c1-9(13(17)16-5-7-18-8-6-16)19-11-4-2-3-10(15)12(11)14/h2-4,9H,5-8,15H2,1H3. The fraction of sp³-hybridized carbons (Fsp3) is 0.462. The highest BCUT2D eigenvalue weighted by Gasteiger charge is 2.24. The Morgan fingerprint density at radius 1 is 1.47 bits per heavy atom. The van der Waals surface area contributed by atoms with E-state index in [0.29, 0.717) is 42.2 Å². The van der Waals surface area contributed by atoms with Gasteiger partial charge in [-0.25, -0.2) is 0 Å². The second-order valence-corrected chi connectivity index (χ2v) is 5.15. The number of anilines is 1. The van der Waals surface area contributed by atoms with E-state index < -0.39 is 6.10 Å². The molecule has 0 spiro atoms. The van der Waals surface area contributed by atoms with E-state index in [-0.39, 0.29) is 5.91 Å². The number of benzene rings is 1. The third kappa shape index (κ3) is 3.39. The number of carbonyl (C=O) groups excluding carboxylic acids is 1. The third-order valence-corrected chi connectivity index (χ3v) is 3.82. The van der Waals surface area contributed by atoms with Crippen molar-refractivity contribution < 1.29 is 14.3 Å². The Morgan fingerprint density at radius 3 is 2.84 bits per heavy atom. The maximum atomic E-state index is 12.2. The third-order valence-electron chi connectivity index (χ3n) is 2.97. The van der Waals surface area contributed by atoms with Gasteiger partial charge in [-0.2, -0.15) is 0 Å². The number of hydrogen-bond acceptors (Lipinski definition) is 4. The summed E-state index contributed by atoms with van der Waals surface area (Å²) in [5.41, 5.74) is 6.36. The molecule has 5 nitrogen and oxygen atoms in total. The van der Waals surface area contributed by atoms with Gasteiger partial charge in [-0.3, -0.25) is 4.79 Å². The summed E-state index contributed by atoms with van der Waals surface area (Å²) in [5.74, 6) is 0.548. The minimum absolute atomic E-state index is 0.0300. The Hall–Kier alpha value is -1.27. The van der Waals surface area contributed by atoms with Gasteiger partial charge >= 0.3 is 0 Å². The molecule has 2 rings (SSSR count). The summed E-state index contributed by atoms with van der Waals surface area (Å²) < 4.78 is 11.6. The van der Waals surface area contributed by atoms with Crippen molar-refractivity contribution in [1.82, 2.24) is 4.90 Å². The van der Waals surface area contributed by atoms with E-state index in [1.54, 1.807) is 30.0 Å². The highest BCUT2D eigenvalue weighted by molar-refractivity contribution is 9.10. The number of halogens is 1. The van der Waals surface area contributed by atoms with E-state index in [1.165, 1.54) is 0 Å². The van der Waals surface area contributed by atoms with Crippen LogP contribution in [-0.4, -0.2) is 43.2 Å². The summed E-state index contributed by atoms with van der Waals surface area (Å²) in [7, 11) is 0. The predicted octanol–water partition coefficient (Wildman–Crippen LogP) is 1.66. The molecule has 1 fully saturated rings. The number of hydrogen-bond donors (Lipinski definition) is 1. The van der Waals surface area contributed by atoms with Gasteiger partial charge in [0.1, 0.15) is 5.75 Å². The minimum Gasteiger partial charge on any atom is -0.480 e. The highest BCUT2D eigenvalue weighted by atomic mass is 79.9. The lowest BCUT2D eigenvalue weighted by Crippen LogP contribution is -2.46. The van der Waals surface area contributed by atoms with Crippen LogP contribution in [0.25, 0.3) is 0 Å². The second-order valence-electron chi connectivity index (χ2n) is 4.36. The molecule has 1 atom stereocenters. The molecular weight excluding hydrogens is 312 g/mol. The first-order chi connectivity index (χ1) is 9.09. The zero-order valence-electron chi connectivity index (χ0n) is 10.8. The number of morpholine rings is 1. The largest absolute Gasteiger partial charge is 0.480 e. The first-order valence-corrected chi connectivity index (χ1v) is 6.96. The number of nitrogens with two attached hydrogens (primary N) is 1. The molecule has 2 N–H and O–H groups in total. The Labute approximate surface area is 120 Å². The molecule has 0 radical (unpaired) electrons. The fourth-order valence-electron chi connectivity index (χ4n) is 1.90. The number of nitrogens with zero attached hydrogens (tertiary/aromatic N) is 1. The van der Waals surface area contributed by atoms with E-state index in [0.717, 1.165) is 0 Å². The summed E-state index contributed by atoms with van der Waals surface area (Å²) in [4.78, 5) is 14.0. The summed E-state index contributed by atoms with van der Waals surface area (Å²) in [6, 6.07) is 5.34. The van der Waals surface area contributed by atoms with Crippen molar-refractivity contribution in [2.45, 2.75) is 13.0 Å². The van der Waals surface area contributed by atoms with Crippen molar-refractivity contribution in [3.63, 3.8) is 0 Å². The predicted molar refractivity (Wildman–Crippen MR) is 76.0 cm³/mol. The molecule has 0 aliphatic carbocycles. The number of rotatable bonds is 3. The van der Waals surface area contributed by atoms with Crippen LogP contribution in [0, 0.1) is 0 Å². The monoisotopic (exact) mass is 328 g/mol. The van der Waals surface area contributed by atoms with Crippen molar-refractivity contribution >= 4 is 27.5 Å². The van der Waals surface area contributed by atoms with Gasteiger partial charge in [0.05, 0.1) is 17.7 Å². The van der Waals surface area contributed by atoms with Crippen LogP contribution in [0.4, 0.5) is 5.69 Å². The molecule has 1 heterocycles. The van der Waals surface area contributed by atoms with E-state index in [2.05, 4.69) is 15.9 Å². The summed E-state index contributed by atoms with van der Waals surface area (Å²) in [6.45, 7) is 4.14. The molecule has 104 valence electrons. The average molecular weight is 329 g/mol. The minimum atomic E-state index is -0.545. The maximum absolute atomic E-state index is 12.2. The maximum Gasteiger partial charge on any atom is 0.263 e. The van der Waals surface area contributed by atoms with Crippen LogP contribution < -0.4 is 10.5 Å². The van der Waals surface area contributed by atoms with Crippen molar-refractivity contribution in [2.24, 2.45) is 0 Å². The highest BCUT2D eigenvalue weighted by Crippen LogP contribution is 2.31. The SMILES string of the molecule is CC(Oc1cccc(N)c1Br)C(=O)N1CCOCC1. The Balaban J connectivity index is 2.01. The van der Waals surface area contributed by atoms with Gasteiger partial charge in [0.15, 0.2) is 6.10 Å². The fourth-order valence-corrected chi connectivity index (χ4v) is 2.26. The van der Waals surface area contributed by atoms with Crippen LogP contribution >= 0.6 is 15.9 Å². The molecule has 6 heteroatoms. The number of nitrogen functional groups attached to an aromatic ring is 1. The van der Waals surface area contributed by atoms with Gasteiger partial charge in [-0.15, -0.1) is 0 Å². The molecule has 19 heavy (non-hydrogen) atoms. The number of carbonyl (C=O) groups is 1. The van der Waals surface area contributed by atoms with Gasteiger partial charge in [0.25, 0.3) is 5.91 Å².